The minimum absolute atomic E-state index is 0.184. The first-order valence-corrected chi connectivity index (χ1v) is 9.27. The smallest absolute Gasteiger partial charge is 0.134 e. The fourth-order valence-electron chi connectivity index (χ4n) is 3.63. The Hall–Kier alpha value is -2.34. The first-order valence-electron chi connectivity index (χ1n) is 9.27. The van der Waals surface area contributed by atoms with E-state index in [2.05, 4.69) is 32.9 Å². The van der Waals surface area contributed by atoms with E-state index < -0.39 is 0 Å². The van der Waals surface area contributed by atoms with E-state index in [1.807, 2.05) is 24.3 Å². The second-order valence-corrected chi connectivity index (χ2v) is 7.20. The van der Waals surface area contributed by atoms with E-state index >= 15 is 0 Å². The number of likely N-dealkylation sites (tertiary alicyclic amines) is 1. The van der Waals surface area contributed by atoms with Gasteiger partial charge in [-0.3, -0.25) is 0 Å². The number of ether oxygens (including phenoxy) is 2. The maximum Gasteiger partial charge on any atom is 0.134 e. The minimum atomic E-state index is 0.184. The number of hydrogen-bond acceptors (Lipinski definition) is 6. The molecule has 1 aromatic heterocycles. The fourth-order valence-corrected chi connectivity index (χ4v) is 3.63. The first kappa shape index (κ1) is 17.1. The third-order valence-electron chi connectivity index (χ3n) is 5.33. The Morgan fingerprint density at radius 3 is 2.58 bits per heavy atom. The highest BCUT2D eigenvalue weighted by atomic mass is 16.5. The molecule has 2 saturated heterocycles. The molecule has 0 spiro atoms. The summed E-state index contributed by atoms with van der Waals surface area (Å²) in [6, 6.07) is 9.92. The summed E-state index contributed by atoms with van der Waals surface area (Å²) in [6.07, 6.45) is 4.24. The van der Waals surface area contributed by atoms with Gasteiger partial charge in [-0.25, -0.2) is 9.97 Å². The summed E-state index contributed by atoms with van der Waals surface area (Å²) in [4.78, 5) is 13.6. The van der Waals surface area contributed by atoms with E-state index in [1.54, 1.807) is 13.4 Å². The summed E-state index contributed by atoms with van der Waals surface area (Å²) < 4.78 is 11.3. The second kappa shape index (κ2) is 7.50. The van der Waals surface area contributed by atoms with Crippen molar-refractivity contribution in [2.75, 3.05) is 45.2 Å². The van der Waals surface area contributed by atoms with Gasteiger partial charge in [0, 0.05) is 23.7 Å². The van der Waals surface area contributed by atoms with Crippen LogP contribution in [0.2, 0.25) is 0 Å². The molecule has 0 radical (unpaired) electrons. The molecule has 138 valence electrons. The van der Waals surface area contributed by atoms with Crippen molar-refractivity contribution in [3.8, 4) is 11.5 Å². The zero-order valence-corrected chi connectivity index (χ0v) is 15.5. The third-order valence-corrected chi connectivity index (χ3v) is 5.33. The second-order valence-electron chi connectivity index (χ2n) is 7.20. The number of methoxy groups -OCH3 is 1. The Kier molecular flexibility index (Phi) is 4.93. The first-order chi connectivity index (χ1) is 12.7. The molecule has 2 aliphatic rings. The van der Waals surface area contributed by atoms with Crippen LogP contribution >= 0.6 is 0 Å². The number of piperidine rings is 1. The van der Waals surface area contributed by atoms with E-state index in [-0.39, 0.29) is 6.10 Å². The number of benzene rings is 1. The van der Waals surface area contributed by atoms with Crippen LogP contribution in [0.15, 0.2) is 36.7 Å². The Labute approximate surface area is 154 Å². The van der Waals surface area contributed by atoms with Gasteiger partial charge in [0.25, 0.3) is 0 Å². The molecule has 0 bridgehead atoms. The molecule has 4 rings (SSSR count). The largest absolute Gasteiger partial charge is 0.497 e. The van der Waals surface area contributed by atoms with Gasteiger partial charge in [-0.1, -0.05) is 6.07 Å². The van der Waals surface area contributed by atoms with E-state index in [0.29, 0.717) is 5.92 Å². The molecule has 0 saturated carbocycles. The van der Waals surface area contributed by atoms with Gasteiger partial charge >= 0.3 is 0 Å². The van der Waals surface area contributed by atoms with Crippen LogP contribution in [-0.2, 0) is 0 Å². The maximum atomic E-state index is 6.03. The predicted octanol–water partition coefficient (Wildman–Crippen LogP) is 2.56. The lowest BCUT2D eigenvalue weighted by atomic mass is 9.93. The highest BCUT2D eigenvalue weighted by molar-refractivity contribution is 5.44. The van der Waals surface area contributed by atoms with Crippen molar-refractivity contribution in [3.63, 3.8) is 0 Å². The van der Waals surface area contributed by atoms with E-state index in [1.165, 1.54) is 18.5 Å². The summed E-state index contributed by atoms with van der Waals surface area (Å²) in [7, 11) is 3.85. The lowest BCUT2D eigenvalue weighted by Gasteiger charge is -2.40. The predicted molar refractivity (Wildman–Crippen MR) is 101 cm³/mol. The molecule has 0 atom stereocenters. The van der Waals surface area contributed by atoms with Crippen LogP contribution in [0.25, 0.3) is 0 Å². The van der Waals surface area contributed by atoms with Crippen molar-refractivity contribution < 1.29 is 9.47 Å². The van der Waals surface area contributed by atoms with Crippen molar-refractivity contribution in [2.24, 2.45) is 0 Å². The molecule has 2 aromatic rings. The van der Waals surface area contributed by atoms with E-state index in [4.69, 9.17) is 9.47 Å². The quantitative estimate of drug-likeness (QED) is 0.823. The Bertz CT molecular complexity index is 740. The zero-order chi connectivity index (χ0) is 17.9. The number of aromatic nitrogens is 2. The number of hydrogen-bond donors (Lipinski definition) is 0. The van der Waals surface area contributed by atoms with Gasteiger partial charge < -0.3 is 19.3 Å². The van der Waals surface area contributed by atoms with Gasteiger partial charge in [-0.2, -0.15) is 0 Å². The molecule has 0 N–H and O–H groups in total. The van der Waals surface area contributed by atoms with Gasteiger partial charge in [-0.05, 0) is 45.1 Å². The van der Waals surface area contributed by atoms with E-state index in [0.717, 1.165) is 43.5 Å². The number of rotatable bonds is 5. The molecule has 2 fully saturated rings. The number of anilines is 1. The summed E-state index contributed by atoms with van der Waals surface area (Å²) in [5.41, 5.74) is 1.18. The highest BCUT2D eigenvalue weighted by Crippen LogP contribution is 2.29. The molecule has 6 nitrogen and oxygen atoms in total. The van der Waals surface area contributed by atoms with Crippen LogP contribution < -0.4 is 14.4 Å². The summed E-state index contributed by atoms with van der Waals surface area (Å²) in [5, 5.41) is 0. The highest BCUT2D eigenvalue weighted by Gasteiger charge is 2.30. The maximum absolute atomic E-state index is 6.03. The topological polar surface area (TPSA) is 50.7 Å². The summed E-state index contributed by atoms with van der Waals surface area (Å²) in [5.74, 6) is 3.23. The standard InChI is InChI=1S/C20H26N4O2/c1-23-8-6-15(7-9-23)19-11-20(22-14-21-19)24-12-18(13-24)26-17-5-3-4-16(10-17)25-2/h3-5,10-11,14-15,18H,6-9,12-13H2,1-2H3. The summed E-state index contributed by atoms with van der Waals surface area (Å²) >= 11 is 0. The van der Waals surface area contributed by atoms with Crippen LogP contribution in [0.3, 0.4) is 0 Å². The average Bonchev–Trinajstić information content (AvgIpc) is 2.65. The SMILES string of the molecule is COc1cccc(OC2CN(c3cc(C4CCN(C)CC4)ncn3)C2)c1. The van der Waals surface area contributed by atoms with Crippen LogP contribution in [0.5, 0.6) is 11.5 Å². The molecule has 1 aromatic carbocycles. The monoisotopic (exact) mass is 354 g/mol. The molecule has 0 aliphatic carbocycles. The zero-order valence-electron chi connectivity index (χ0n) is 15.5. The van der Waals surface area contributed by atoms with Crippen LogP contribution in [0, 0.1) is 0 Å². The normalized spacial score (nSPS) is 19.2. The molecule has 6 heteroatoms. The summed E-state index contributed by atoms with van der Waals surface area (Å²) in [6.45, 7) is 3.98. The Balaban J connectivity index is 1.34. The molecular formula is C20H26N4O2. The molecule has 0 unspecified atom stereocenters. The van der Waals surface area contributed by atoms with Crippen LogP contribution in [-0.4, -0.2) is 61.3 Å². The van der Waals surface area contributed by atoms with Crippen molar-refractivity contribution >= 4 is 5.82 Å². The van der Waals surface area contributed by atoms with Gasteiger partial charge in [0.15, 0.2) is 0 Å². The Morgan fingerprint density at radius 1 is 1.04 bits per heavy atom. The molecule has 2 aliphatic heterocycles. The average molecular weight is 354 g/mol. The fraction of sp³-hybridized carbons (Fsp3) is 0.500. The van der Waals surface area contributed by atoms with Crippen molar-refractivity contribution in [1.29, 1.82) is 0 Å². The lowest BCUT2D eigenvalue weighted by molar-refractivity contribution is 0.166. The van der Waals surface area contributed by atoms with Crippen molar-refractivity contribution in [3.05, 3.63) is 42.4 Å². The molecule has 0 amide bonds. The van der Waals surface area contributed by atoms with Crippen LogP contribution in [0.4, 0.5) is 5.82 Å². The van der Waals surface area contributed by atoms with E-state index in [9.17, 15) is 0 Å². The molecule has 26 heavy (non-hydrogen) atoms. The van der Waals surface area contributed by atoms with Crippen LogP contribution in [0.1, 0.15) is 24.5 Å². The van der Waals surface area contributed by atoms with Gasteiger partial charge in [0.1, 0.15) is 29.7 Å². The molecular weight excluding hydrogens is 328 g/mol. The van der Waals surface area contributed by atoms with Crippen molar-refractivity contribution in [1.82, 2.24) is 14.9 Å². The van der Waals surface area contributed by atoms with Crippen molar-refractivity contribution in [2.45, 2.75) is 24.9 Å². The van der Waals surface area contributed by atoms with Gasteiger partial charge in [0.2, 0.25) is 0 Å². The lowest BCUT2D eigenvalue weighted by Crippen LogP contribution is -2.54. The number of nitrogens with zero attached hydrogens (tertiary/aromatic N) is 4. The Morgan fingerprint density at radius 2 is 1.81 bits per heavy atom. The molecule has 3 heterocycles. The minimum Gasteiger partial charge on any atom is -0.497 e. The third kappa shape index (κ3) is 3.75. The van der Waals surface area contributed by atoms with Gasteiger partial charge in [0.05, 0.1) is 20.2 Å². The van der Waals surface area contributed by atoms with Gasteiger partial charge in [-0.15, -0.1) is 0 Å².